The van der Waals surface area contributed by atoms with E-state index in [9.17, 15) is 18.4 Å². The fraction of sp³-hybridized carbons (Fsp3) is 0.125. The van der Waals surface area contributed by atoms with Crippen molar-refractivity contribution in [3.05, 3.63) is 71.3 Å². The average molecular weight is 289 g/mol. The van der Waals surface area contributed by atoms with E-state index in [-0.39, 0.29) is 6.42 Å². The van der Waals surface area contributed by atoms with Crippen LogP contribution in [0.15, 0.2) is 48.5 Å². The second kappa shape index (κ2) is 6.26. The van der Waals surface area contributed by atoms with E-state index in [4.69, 9.17) is 5.73 Å². The third-order valence-corrected chi connectivity index (χ3v) is 3.17. The Kier molecular flexibility index (Phi) is 4.42. The molecular formula is C16H13F2NO2. The summed E-state index contributed by atoms with van der Waals surface area (Å²) >= 11 is 0. The minimum absolute atomic E-state index is 0.234. The fourth-order valence-corrected chi connectivity index (χ4v) is 2.16. The number of halogens is 2. The maximum absolute atomic E-state index is 13.4. The molecule has 0 unspecified atom stereocenters. The number of benzene rings is 2. The number of rotatable bonds is 5. The molecule has 0 aromatic heterocycles. The zero-order chi connectivity index (χ0) is 15.4. The van der Waals surface area contributed by atoms with Crippen LogP contribution < -0.4 is 5.73 Å². The first-order valence-corrected chi connectivity index (χ1v) is 6.31. The van der Waals surface area contributed by atoms with Crippen LogP contribution in [0.3, 0.4) is 0 Å². The van der Waals surface area contributed by atoms with Gasteiger partial charge in [-0.25, -0.2) is 8.78 Å². The maximum Gasteiger partial charge on any atom is 0.284 e. The van der Waals surface area contributed by atoms with Crippen molar-refractivity contribution >= 4 is 11.7 Å². The van der Waals surface area contributed by atoms with Crippen LogP contribution in [0.4, 0.5) is 8.78 Å². The summed E-state index contributed by atoms with van der Waals surface area (Å²) in [4.78, 5) is 22.6. The van der Waals surface area contributed by atoms with E-state index in [0.717, 1.165) is 0 Å². The predicted octanol–water partition coefficient (Wildman–Crippen LogP) is 2.54. The zero-order valence-corrected chi connectivity index (χ0v) is 11.1. The molecule has 0 saturated heterocycles. The molecule has 21 heavy (non-hydrogen) atoms. The van der Waals surface area contributed by atoms with E-state index in [0.29, 0.717) is 11.1 Å². The molecule has 0 fully saturated rings. The van der Waals surface area contributed by atoms with Gasteiger partial charge in [-0.3, -0.25) is 9.59 Å². The van der Waals surface area contributed by atoms with Gasteiger partial charge >= 0.3 is 0 Å². The number of carbonyl (C=O) groups is 2. The van der Waals surface area contributed by atoms with Gasteiger partial charge in [0, 0.05) is 12.3 Å². The lowest BCUT2D eigenvalue weighted by molar-refractivity contribution is -0.136. The molecule has 0 atom stereocenters. The van der Waals surface area contributed by atoms with Gasteiger partial charge in [0.05, 0.1) is 0 Å². The molecule has 0 spiro atoms. The van der Waals surface area contributed by atoms with Crippen molar-refractivity contribution in [2.24, 2.45) is 5.73 Å². The topological polar surface area (TPSA) is 60.2 Å². The van der Waals surface area contributed by atoms with Crippen molar-refractivity contribution in [3.8, 4) is 0 Å². The van der Waals surface area contributed by atoms with Crippen molar-refractivity contribution in [3.63, 3.8) is 0 Å². The number of carbonyl (C=O) groups excluding carboxylic acids is 2. The van der Waals surface area contributed by atoms with Gasteiger partial charge in [0.1, 0.15) is 11.6 Å². The Balaban J connectivity index is 2.44. The molecule has 2 rings (SSSR count). The summed E-state index contributed by atoms with van der Waals surface area (Å²) in [7, 11) is 0. The van der Waals surface area contributed by atoms with Crippen molar-refractivity contribution < 1.29 is 18.4 Å². The molecule has 0 heterocycles. The Bertz CT molecular complexity index is 640. The minimum atomic E-state index is -1.06. The van der Waals surface area contributed by atoms with Crippen LogP contribution in [0, 0.1) is 11.6 Å². The number of hydrogen-bond donors (Lipinski definition) is 1. The summed E-state index contributed by atoms with van der Waals surface area (Å²) in [5.74, 6) is -3.42. The van der Waals surface area contributed by atoms with E-state index in [1.165, 1.54) is 36.4 Å². The molecule has 0 saturated carbocycles. The summed E-state index contributed by atoms with van der Waals surface area (Å²) in [5, 5.41) is 0. The minimum Gasteiger partial charge on any atom is -0.363 e. The molecule has 2 aromatic rings. The molecule has 0 radical (unpaired) electrons. The van der Waals surface area contributed by atoms with E-state index in [1.54, 1.807) is 12.1 Å². The van der Waals surface area contributed by atoms with E-state index in [1.807, 2.05) is 0 Å². The Hall–Kier alpha value is -2.56. The Morgan fingerprint density at radius 3 is 1.81 bits per heavy atom. The van der Waals surface area contributed by atoms with Gasteiger partial charge in [0.2, 0.25) is 5.78 Å². The number of Topliss-reactive ketones (excluding diaryl/α,β-unsaturated/α-hetero) is 1. The largest absolute Gasteiger partial charge is 0.363 e. The first-order chi connectivity index (χ1) is 9.97. The summed E-state index contributed by atoms with van der Waals surface area (Å²) < 4.78 is 26.7. The second-order valence-corrected chi connectivity index (χ2v) is 4.65. The highest BCUT2D eigenvalue weighted by Crippen LogP contribution is 2.29. The number of primary amides is 1. The third-order valence-electron chi connectivity index (χ3n) is 3.17. The number of ketones is 1. The van der Waals surface area contributed by atoms with Crippen LogP contribution in [0.5, 0.6) is 0 Å². The van der Waals surface area contributed by atoms with Crippen molar-refractivity contribution in [2.75, 3.05) is 0 Å². The van der Waals surface area contributed by atoms with Gasteiger partial charge in [-0.1, -0.05) is 24.3 Å². The predicted molar refractivity (Wildman–Crippen MR) is 73.5 cm³/mol. The number of nitrogens with two attached hydrogens (primary N) is 1. The lowest BCUT2D eigenvalue weighted by atomic mass is 9.87. The molecule has 0 aliphatic heterocycles. The first-order valence-electron chi connectivity index (χ1n) is 6.31. The monoisotopic (exact) mass is 289 g/mol. The van der Waals surface area contributed by atoms with Gasteiger partial charge in [0.15, 0.2) is 0 Å². The number of hydrogen-bond acceptors (Lipinski definition) is 2. The van der Waals surface area contributed by atoms with Crippen LogP contribution in [0.2, 0.25) is 0 Å². The quantitative estimate of drug-likeness (QED) is 0.860. The van der Waals surface area contributed by atoms with Crippen molar-refractivity contribution in [2.45, 2.75) is 12.3 Å². The SMILES string of the molecule is NC(=O)C(=O)CC(c1cccc(F)c1)c1cccc(F)c1. The summed E-state index contributed by atoms with van der Waals surface area (Å²) in [5.41, 5.74) is 5.93. The van der Waals surface area contributed by atoms with E-state index in [2.05, 4.69) is 0 Å². The van der Waals surface area contributed by atoms with Gasteiger partial charge in [0.25, 0.3) is 5.91 Å². The fourth-order valence-electron chi connectivity index (χ4n) is 2.16. The normalized spacial score (nSPS) is 10.6. The zero-order valence-electron chi connectivity index (χ0n) is 11.1. The van der Waals surface area contributed by atoms with E-state index < -0.39 is 29.2 Å². The molecule has 5 heteroatoms. The summed E-state index contributed by atoms with van der Waals surface area (Å²) in [6, 6.07) is 11.3. The molecule has 2 N–H and O–H groups in total. The third kappa shape index (κ3) is 3.72. The van der Waals surface area contributed by atoms with Crippen LogP contribution in [0.25, 0.3) is 0 Å². The molecule has 108 valence electrons. The Labute approximate surface area is 120 Å². The standard InChI is InChI=1S/C16H13F2NO2/c17-12-5-1-3-10(7-12)14(9-15(20)16(19)21)11-4-2-6-13(18)8-11/h1-8,14H,9H2,(H2,19,21). The molecule has 0 bridgehead atoms. The highest BCUT2D eigenvalue weighted by Gasteiger charge is 2.21. The molecule has 2 aromatic carbocycles. The summed E-state index contributed by atoms with van der Waals surface area (Å²) in [6.45, 7) is 0. The lowest BCUT2D eigenvalue weighted by Gasteiger charge is -2.17. The van der Waals surface area contributed by atoms with Gasteiger partial charge in [-0.2, -0.15) is 0 Å². The van der Waals surface area contributed by atoms with Gasteiger partial charge in [-0.15, -0.1) is 0 Å². The maximum atomic E-state index is 13.4. The molecule has 0 aliphatic carbocycles. The number of amides is 1. The van der Waals surface area contributed by atoms with Crippen molar-refractivity contribution in [1.82, 2.24) is 0 Å². The summed E-state index contributed by atoms with van der Waals surface area (Å²) in [6.07, 6.45) is -0.234. The lowest BCUT2D eigenvalue weighted by Crippen LogP contribution is -2.25. The highest BCUT2D eigenvalue weighted by atomic mass is 19.1. The first kappa shape index (κ1) is 14.8. The molecule has 0 aliphatic rings. The Morgan fingerprint density at radius 1 is 0.952 bits per heavy atom. The molecular weight excluding hydrogens is 276 g/mol. The van der Waals surface area contributed by atoms with Crippen molar-refractivity contribution in [1.29, 1.82) is 0 Å². The van der Waals surface area contributed by atoms with Crippen LogP contribution >= 0.6 is 0 Å². The highest BCUT2D eigenvalue weighted by molar-refractivity contribution is 6.35. The van der Waals surface area contributed by atoms with Crippen LogP contribution in [-0.4, -0.2) is 11.7 Å². The molecule has 1 amide bonds. The average Bonchev–Trinajstić information content (AvgIpc) is 2.44. The van der Waals surface area contributed by atoms with Crippen LogP contribution in [-0.2, 0) is 9.59 Å². The second-order valence-electron chi connectivity index (χ2n) is 4.65. The van der Waals surface area contributed by atoms with Crippen LogP contribution in [0.1, 0.15) is 23.5 Å². The smallest absolute Gasteiger partial charge is 0.284 e. The van der Waals surface area contributed by atoms with Gasteiger partial charge in [-0.05, 0) is 35.4 Å². The Morgan fingerprint density at radius 2 is 1.43 bits per heavy atom. The van der Waals surface area contributed by atoms with E-state index >= 15 is 0 Å². The molecule has 3 nitrogen and oxygen atoms in total. The van der Waals surface area contributed by atoms with Gasteiger partial charge < -0.3 is 5.73 Å².